The molecule has 5 heteroatoms. The summed E-state index contributed by atoms with van der Waals surface area (Å²) in [5, 5.41) is 2.06. The molecule has 1 saturated heterocycles. The van der Waals surface area contributed by atoms with Crippen LogP contribution in [0.25, 0.3) is 4.96 Å². The van der Waals surface area contributed by atoms with E-state index in [-0.39, 0.29) is 5.92 Å². The van der Waals surface area contributed by atoms with Crippen LogP contribution in [0.3, 0.4) is 0 Å². The molecule has 2 aromatic heterocycles. The molecule has 1 saturated carbocycles. The van der Waals surface area contributed by atoms with Crippen molar-refractivity contribution in [2.75, 3.05) is 6.54 Å². The van der Waals surface area contributed by atoms with E-state index in [9.17, 15) is 4.79 Å². The van der Waals surface area contributed by atoms with Crippen LogP contribution in [0.15, 0.2) is 17.8 Å². The van der Waals surface area contributed by atoms with Gasteiger partial charge in [-0.05, 0) is 32.2 Å². The molecule has 21 heavy (non-hydrogen) atoms. The summed E-state index contributed by atoms with van der Waals surface area (Å²) in [7, 11) is 0. The molecular formula is C16H21N3OS. The first-order valence-corrected chi connectivity index (χ1v) is 8.87. The van der Waals surface area contributed by atoms with Crippen LogP contribution in [0.1, 0.15) is 44.2 Å². The average molecular weight is 303 g/mol. The first-order valence-electron chi connectivity index (χ1n) is 7.99. The second kappa shape index (κ2) is 5.54. The fourth-order valence-corrected chi connectivity index (χ4v) is 4.70. The molecule has 0 radical (unpaired) electrons. The second-order valence-corrected chi connectivity index (χ2v) is 7.20. The molecule has 2 aliphatic rings. The first kappa shape index (κ1) is 13.5. The molecule has 3 heterocycles. The lowest BCUT2D eigenvalue weighted by atomic mass is 9.88. The third-order valence-electron chi connectivity index (χ3n) is 4.99. The maximum absolute atomic E-state index is 12.1. The van der Waals surface area contributed by atoms with E-state index in [1.54, 1.807) is 11.3 Å². The van der Waals surface area contributed by atoms with Gasteiger partial charge in [0.2, 0.25) is 0 Å². The van der Waals surface area contributed by atoms with Gasteiger partial charge in [0.05, 0.1) is 5.69 Å². The van der Waals surface area contributed by atoms with Crippen LogP contribution in [0.4, 0.5) is 0 Å². The SMILES string of the molecule is O=C1CCCC1C1CCCCN1Cc1cn2ccsc2n1. The van der Waals surface area contributed by atoms with Crippen LogP contribution in [0.2, 0.25) is 0 Å². The van der Waals surface area contributed by atoms with E-state index in [0.717, 1.165) is 43.0 Å². The Morgan fingerprint density at radius 1 is 1.29 bits per heavy atom. The highest BCUT2D eigenvalue weighted by molar-refractivity contribution is 7.15. The van der Waals surface area contributed by atoms with E-state index in [1.165, 1.54) is 19.3 Å². The molecule has 2 aromatic rings. The number of hydrogen-bond donors (Lipinski definition) is 0. The van der Waals surface area contributed by atoms with E-state index in [2.05, 4.69) is 27.1 Å². The first-order chi connectivity index (χ1) is 10.3. The Kier molecular flexibility index (Phi) is 3.55. The fraction of sp³-hybridized carbons (Fsp3) is 0.625. The van der Waals surface area contributed by atoms with E-state index < -0.39 is 0 Å². The van der Waals surface area contributed by atoms with Crippen LogP contribution in [0, 0.1) is 5.92 Å². The molecule has 112 valence electrons. The lowest BCUT2D eigenvalue weighted by Gasteiger charge is -2.38. The summed E-state index contributed by atoms with van der Waals surface area (Å²) in [6.07, 6.45) is 10.9. The number of aromatic nitrogens is 2. The van der Waals surface area contributed by atoms with Crippen molar-refractivity contribution >= 4 is 22.1 Å². The number of fused-ring (bicyclic) bond motifs is 1. The number of imidazole rings is 1. The number of carbonyl (C=O) groups excluding carboxylic acids is 1. The zero-order chi connectivity index (χ0) is 14.2. The van der Waals surface area contributed by atoms with Gasteiger partial charge in [-0.15, -0.1) is 11.3 Å². The van der Waals surface area contributed by atoms with Crippen LogP contribution >= 0.6 is 11.3 Å². The normalized spacial score (nSPS) is 27.7. The molecule has 2 fully saturated rings. The minimum absolute atomic E-state index is 0.286. The minimum Gasteiger partial charge on any atom is -0.299 e. The quantitative estimate of drug-likeness (QED) is 0.874. The minimum atomic E-state index is 0.286. The highest BCUT2D eigenvalue weighted by atomic mass is 32.1. The molecular weight excluding hydrogens is 282 g/mol. The van der Waals surface area contributed by atoms with E-state index in [1.807, 2.05) is 0 Å². The Bertz CT molecular complexity index is 618. The van der Waals surface area contributed by atoms with Crippen LogP contribution in [-0.4, -0.2) is 32.7 Å². The Morgan fingerprint density at radius 2 is 2.24 bits per heavy atom. The second-order valence-electron chi connectivity index (χ2n) is 6.32. The number of hydrogen-bond acceptors (Lipinski definition) is 4. The summed E-state index contributed by atoms with van der Waals surface area (Å²) in [6.45, 7) is 2.00. The molecule has 4 nitrogen and oxygen atoms in total. The predicted molar refractivity (Wildman–Crippen MR) is 83.5 cm³/mol. The number of ketones is 1. The third kappa shape index (κ3) is 2.53. The van der Waals surface area contributed by atoms with Gasteiger partial charge in [-0.25, -0.2) is 4.98 Å². The van der Waals surface area contributed by atoms with Crippen molar-refractivity contribution in [3.63, 3.8) is 0 Å². The van der Waals surface area contributed by atoms with Crippen LogP contribution < -0.4 is 0 Å². The fourth-order valence-electron chi connectivity index (χ4n) is 3.98. The van der Waals surface area contributed by atoms with Crippen molar-refractivity contribution in [1.29, 1.82) is 0 Å². The summed E-state index contributed by atoms with van der Waals surface area (Å²) in [5.74, 6) is 0.784. The monoisotopic (exact) mass is 303 g/mol. The van der Waals surface area contributed by atoms with Gasteiger partial charge in [0.1, 0.15) is 5.78 Å². The Balaban J connectivity index is 1.53. The standard InChI is InChI=1S/C16H21N3OS/c20-15-6-3-4-13(15)14-5-1-2-7-18(14)10-12-11-19-8-9-21-16(19)17-12/h8-9,11,13-14H,1-7,10H2. The van der Waals surface area contributed by atoms with E-state index in [0.29, 0.717) is 11.8 Å². The Morgan fingerprint density at radius 3 is 3.05 bits per heavy atom. The van der Waals surface area contributed by atoms with Crippen LogP contribution in [0.5, 0.6) is 0 Å². The molecule has 2 unspecified atom stereocenters. The van der Waals surface area contributed by atoms with Crippen LogP contribution in [-0.2, 0) is 11.3 Å². The van der Waals surface area contributed by atoms with Gasteiger partial charge in [-0.2, -0.15) is 0 Å². The van der Waals surface area contributed by atoms with Gasteiger partial charge in [-0.3, -0.25) is 14.1 Å². The van der Waals surface area contributed by atoms with Gasteiger partial charge < -0.3 is 0 Å². The third-order valence-corrected chi connectivity index (χ3v) is 5.76. The molecule has 0 amide bonds. The number of nitrogens with zero attached hydrogens (tertiary/aromatic N) is 3. The molecule has 1 aliphatic carbocycles. The van der Waals surface area contributed by atoms with Gasteiger partial charge in [-0.1, -0.05) is 6.42 Å². The van der Waals surface area contributed by atoms with Crippen molar-refractivity contribution in [1.82, 2.24) is 14.3 Å². The number of likely N-dealkylation sites (tertiary alicyclic amines) is 1. The molecule has 4 rings (SSSR count). The predicted octanol–water partition coefficient (Wildman–Crippen LogP) is 3.12. The number of piperidine rings is 1. The summed E-state index contributed by atoms with van der Waals surface area (Å²) >= 11 is 1.68. The average Bonchev–Trinajstić information content (AvgIpc) is 3.15. The van der Waals surface area contributed by atoms with Crippen molar-refractivity contribution in [3.05, 3.63) is 23.5 Å². The van der Waals surface area contributed by atoms with Crippen molar-refractivity contribution in [3.8, 4) is 0 Å². The number of carbonyl (C=O) groups is 1. The summed E-state index contributed by atoms with van der Waals surface area (Å²) in [6, 6.07) is 0.452. The van der Waals surface area contributed by atoms with Crippen molar-refractivity contribution in [2.24, 2.45) is 5.92 Å². The summed E-state index contributed by atoms with van der Waals surface area (Å²) in [5.41, 5.74) is 1.14. The lowest BCUT2D eigenvalue weighted by molar-refractivity contribution is -0.123. The van der Waals surface area contributed by atoms with Crippen molar-refractivity contribution < 1.29 is 4.79 Å². The molecule has 0 bridgehead atoms. The molecule has 1 aliphatic heterocycles. The van der Waals surface area contributed by atoms with E-state index in [4.69, 9.17) is 4.98 Å². The maximum atomic E-state index is 12.1. The highest BCUT2D eigenvalue weighted by Gasteiger charge is 2.36. The van der Waals surface area contributed by atoms with E-state index >= 15 is 0 Å². The molecule has 0 aromatic carbocycles. The molecule has 0 spiro atoms. The lowest BCUT2D eigenvalue weighted by Crippen LogP contribution is -2.44. The number of rotatable bonds is 3. The summed E-state index contributed by atoms with van der Waals surface area (Å²) in [4.78, 5) is 20.4. The van der Waals surface area contributed by atoms with Gasteiger partial charge in [0.25, 0.3) is 0 Å². The largest absolute Gasteiger partial charge is 0.299 e. The Labute approximate surface area is 128 Å². The topological polar surface area (TPSA) is 37.6 Å². The Hall–Kier alpha value is -1.20. The smallest absolute Gasteiger partial charge is 0.193 e. The highest BCUT2D eigenvalue weighted by Crippen LogP contribution is 2.33. The zero-order valence-electron chi connectivity index (χ0n) is 12.2. The molecule has 2 atom stereocenters. The van der Waals surface area contributed by atoms with Crippen molar-refractivity contribution in [2.45, 2.75) is 51.1 Å². The molecule has 0 N–H and O–H groups in total. The number of Topliss-reactive ketones (excluding diaryl/α,β-unsaturated/α-hetero) is 1. The zero-order valence-corrected chi connectivity index (χ0v) is 13.0. The van der Waals surface area contributed by atoms with Gasteiger partial charge >= 0.3 is 0 Å². The number of thiazole rings is 1. The maximum Gasteiger partial charge on any atom is 0.193 e. The summed E-state index contributed by atoms with van der Waals surface area (Å²) < 4.78 is 2.10. The van der Waals surface area contributed by atoms with Gasteiger partial charge in [0, 0.05) is 42.7 Å². The van der Waals surface area contributed by atoms with Gasteiger partial charge in [0.15, 0.2) is 4.96 Å².